The number of nitrogens with one attached hydrogen (secondary N) is 1. The Balaban J connectivity index is 2.07. The van der Waals surface area contributed by atoms with Crippen molar-refractivity contribution in [2.75, 3.05) is 12.4 Å². The third-order valence-corrected chi connectivity index (χ3v) is 3.69. The Morgan fingerprint density at radius 2 is 1.95 bits per heavy atom. The van der Waals surface area contributed by atoms with Gasteiger partial charge in [0.2, 0.25) is 0 Å². The molecule has 0 bridgehead atoms. The van der Waals surface area contributed by atoms with Gasteiger partial charge in [-0.25, -0.2) is 4.98 Å². The Kier molecular flexibility index (Phi) is 5.17. The smallest absolute Gasteiger partial charge is 0.311 e. The van der Waals surface area contributed by atoms with Gasteiger partial charge in [0.1, 0.15) is 0 Å². The SMILES string of the molecule is COC(=O)Cc1csc(NC(=O)c2cc(Cl)cc(Cl)c2)n1. The van der Waals surface area contributed by atoms with E-state index in [-0.39, 0.29) is 18.3 Å². The number of thiazole rings is 1. The molecule has 1 aromatic heterocycles. The van der Waals surface area contributed by atoms with Crippen molar-refractivity contribution in [3.63, 3.8) is 0 Å². The number of carbonyl (C=O) groups excluding carboxylic acids is 2. The number of benzene rings is 1. The van der Waals surface area contributed by atoms with Crippen LogP contribution in [0, 0.1) is 0 Å². The zero-order chi connectivity index (χ0) is 15.4. The molecule has 0 aliphatic rings. The Hall–Kier alpha value is -1.63. The summed E-state index contributed by atoms with van der Waals surface area (Å²) in [5, 5.41) is 5.43. The van der Waals surface area contributed by atoms with Crippen LogP contribution in [0.1, 0.15) is 16.1 Å². The number of carbonyl (C=O) groups is 2. The van der Waals surface area contributed by atoms with Gasteiger partial charge in [-0.3, -0.25) is 14.9 Å². The second-order valence-electron chi connectivity index (χ2n) is 4.01. The number of ether oxygens (including phenoxy) is 1. The molecule has 8 heteroatoms. The Morgan fingerprint density at radius 3 is 2.57 bits per heavy atom. The van der Waals surface area contributed by atoms with Crippen LogP contribution in [0.3, 0.4) is 0 Å². The minimum atomic E-state index is -0.389. The first-order chi connectivity index (χ1) is 9.97. The summed E-state index contributed by atoms with van der Waals surface area (Å²) in [7, 11) is 1.31. The molecule has 0 unspecified atom stereocenters. The molecule has 0 aliphatic heterocycles. The molecular formula is C13H10Cl2N2O3S. The second kappa shape index (κ2) is 6.89. The van der Waals surface area contributed by atoms with Gasteiger partial charge in [0.25, 0.3) is 5.91 Å². The monoisotopic (exact) mass is 344 g/mol. The molecule has 0 saturated carbocycles. The van der Waals surface area contributed by atoms with Gasteiger partial charge in [-0.15, -0.1) is 11.3 Å². The molecule has 1 amide bonds. The summed E-state index contributed by atoms with van der Waals surface area (Å²) in [6, 6.07) is 4.55. The first-order valence-electron chi connectivity index (χ1n) is 5.76. The van der Waals surface area contributed by atoms with Crippen molar-refractivity contribution >= 4 is 51.5 Å². The molecule has 0 saturated heterocycles. The van der Waals surface area contributed by atoms with Crippen LogP contribution in [0.5, 0.6) is 0 Å². The average Bonchev–Trinajstić information content (AvgIpc) is 2.84. The van der Waals surface area contributed by atoms with Crippen LogP contribution in [0.4, 0.5) is 5.13 Å². The van der Waals surface area contributed by atoms with Gasteiger partial charge in [-0.1, -0.05) is 23.2 Å². The highest BCUT2D eigenvalue weighted by atomic mass is 35.5. The van der Waals surface area contributed by atoms with Crippen LogP contribution in [0.25, 0.3) is 0 Å². The molecule has 2 rings (SSSR count). The third-order valence-electron chi connectivity index (χ3n) is 2.45. The van der Waals surface area contributed by atoms with Crippen LogP contribution >= 0.6 is 34.5 Å². The fraction of sp³-hybridized carbons (Fsp3) is 0.154. The molecule has 110 valence electrons. The number of aromatic nitrogens is 1. The topological polar surface area (TPSA) is 68.3 Å². The Bertz CT molecular complexity index is 668. The van der Waals surface area contributed by atoms with E-state index in [9.17, 15) is 9.59 Å². The average molecular weight is 345 g/mol. The van der Waals surface area contributed by atoms with Crippen molar-refractivity contribution < 1.29 is 14.3 Å². The highest BCUT2D eigenvalue weighted by Crippen LogP contribution is 2.21. The number of hydrogen-bond acceptors (Lipinski definition) is 5. The van der Waals surface area contributed by atoms with E-state index in [2.05, 4.69) is 15.0 Å². The lowest BCUT2D eigenvalue weighted by Gasteiger charge is -2.03. The number of esters is 1. The fourth-order valence-electron chi connectivity index (χ4n) is 1.52. The van der Waals surface area contributed by atoms with Gasteiger partial charge in [0.15, 0.2) is 5.13 Å². The lowest BCUT2D eigenvalue weighted by atomic mass is 10.2. The standard InChI is InChI=1S/C13H10Cl2N2O3S/c1-20-11(18)5-10-6-21-13(16-10)17-12(19)7-2-8(14)4-9(15)3-7/h2-4,6H,5H2,1H3,(H,16,17,19). The maximum atomic E-state index is 12.1. The maximum Gasteiger partial charge on any atom is 0.311 e. The molecule has 1 heterocycles. The molecule has 1 aromatic carbocycles. The van der Waals surface area contributed by atoms with Crippen molar-refractivity contribution in [3.8, 4) is 0 Å². The number of methoxy groups -OCH3 is 1. The maximum absolute atomic E-state index is 12.1. The first kappa shape index (κ1) is 15.8. The van der Waals surface area contributed by atoms with Gasteiger partial charge in [-0.05, 0) is 18.2 Å². The summed E-state index contributed by atoms with van der Waals surface area (Å²) >= 11 is 12.9. The molecule has 2 aromatic rings. The lowest BCUT2D eigenvalue weighted by Crippen LogP contribution is -2.12. The number of anilines is 1. The van der Waals surface area contributed by atoms with Crippen molar-refractivity contribution in [1.82, 2.24) is 4.98 Å². The van der Waals surface area contributed by atoms with Crippen molar-refractivity contribution in [3.05, 3.63) is 44.9 Å². The fourth-order valence-corrected chi connectivity index (χ4v) is 2.75. The van der Waals surface area contributed by atoms with E-state index >= 15 is 0 Å². The summed E-state index contributed by atoms with van der Waals surface area (Å²) in [5.74, 6) is -0.766. The van der Waals surface area contributed by atoms with Crippen LogP contribution in [0.2, 0.25) is 10.0 Å². The van der Waals surface area contributed by atoms with Gasteiger partial charge >= 0.3 is 5.97 Å². The molecule has 0 aliphatic carbocycles. The van der Waals surface area contributed by atoms with Crippen LogP contribution < -0.4 is 5.32 Å². The number of hydrogen-bond donors (Lipinski definition) is 1. The molecule has 0 fully saturated rings. The predicted molar refractivity (Wildman–Crippen MR) is 82.2 cm³/mol. The zero-order valence-electron chi connectivity index (χ0n) is 10.9. The van der Waals surface area contributed by atoms with E-state index in [1.54, 1.807) is 5.38 Å². The molecule has 5 nitrogen and oxygen atoms in total. The van der Waals surface area contributed by atoms with Crippen molar-refractivity contribution in [2.24, 2.45) is 0 Å². The number of halogens is 2. The molecule has 0 atom stereocenters. The number of rotatable bonds is 4. The largest absolute Gasteiger partial charge is 0.469 e. The van der Waals surface area contributed by atoms with Crippen LogP contribution in [-0.2, 0) is 16.0 Å². The quantitative estimate of drug-likeness (QED) is 0.862. The molecule has 1 N–H and O–H groups in total. The lowest BCUT2D eigenvalue weighted by molar-refractivity contribution is -0.139. The van der Waals surface area contributed by atoms with Gasteiger partial charge < -0.3 is 4.74 Å². The Labute approximate surface area is 134 Å². The van der Waals surface area contributed by atoms with Crippen molar-refractivity contribution in [2.45, 2.75) is 6.42 Å². The summed E-state index contributed by atoms with van der Waals surface area (Å²) in [6.07, 6.45) is 0.0614. The van der Waals surface area contributed by atoms with E-state index in [0.717, 1.165) is 0 Å². The highest BCUT2D eigenvalue weighted by Gasteiger charge is 2.12. The molecule has 21 heavy (non-hydrogen) atoms. The van der Waals surface area contributed by atoms with E-state index in [1.807, 2.05) is 0 Å². The second-order valence-corrected chi connectivity index (χ2v) is 5.74. The van der Waals surface area contributed by atoms with E-state index in [1.165, 1.54) is 36.6 Å². The highest BCUT2D eigenvalue weighted by molar-refractivity contribution is 7.14. The normalized spacial score (nSPS) is 10.2. The van der Waals surface area contributed by atoms with Gasteiger partial charge in [0.05, 0.1) is 19.2 Å². The summed E-state index contributed by atoms with van der Waals surface area (Å²) < 4.78 is 4.55. The van der Waals surface area contributed by atoms with Crippen molar-refractivity contribution in [1.29, 1.82) is 0 Å². The summed E-state index contributed by atoms with van der Waals surface area (Å²) in [4.78, 5) is 27.3. The van der Waals surface area contributed by atoms with E-state index in [0.29, 0.717) is 26.4 Å². The molecular weight excluding hydrogens is 335 g/mol. The minimum Gasteiger partial charge on any atom is -0.469 e. The summed E-state index contributed by atoms with van der Waals surface area (Å²) in [5.41, 5.74) is 0.864. The Morgan fingerprint density at radius 1 is 1.29 bits per heavy atom. The predicted octanol–water partition coefficient (Wildman–Crippen LogP) is 3.42. The molecule has 0 spiro atoms. The molecule has 0 radical (unpaired) electrons. The number of amides is 1. The summed E-state index contributed by atoms with van der Waals surface area (Å²) in [6.45, 7) is 0. The van der Waals surface area contributed by atoms with E-state index < -0.39 is 0 Å². The number of nitrogens with zero attached hydrogens (tertiary/aromatic N) is 1. The van der Waals surface area contributed by atoms with Crippen LogP contribution in [0.15, 0.2) is 23.6 Å². The first-order valence-corrected chi connectivity index (χ1v) is 7.40. The van der Waals surface area contributed by atoms with Crippen LogP contribution in [-0.4, -0.2) is 24.0 Å². The van der Waals surface area contributed by atoms with Gasteiger partial charge in [-0.2, -0.15) is 0 Å². The van der Waals surface area contributed by atoms with E-state index in [4.69, 9.17) is 23.2 Å². The third kappa shape index (κ3) is 4.42. The zero-order valence-corrected chi connectivity index (χ0v) is 13.2. The minimum absolute atomic E-state index is 0.0614. The van der Waals surface area contributed by atoms with Gasteiger partial charge in [0, 0.05) is 21.0 Å².